The number of aromatic nitrogens is 2. The van der Waals surface area contributed by atoms with E-state index in [-0.39, 0.29) is 11.9 Å². The summed E-state index contributed by atoms with van der Waals surface area (Å²) in [5, 5.41) is 1.90. The summed E-state index contributed by atoms with van der Waals surface area (Å²) < 4.78 is 14.7. The molecule has 2 heterocycles. The second kappa shape index (κ2) is 14.7. The maximum Gasteiger partial charge on any atom is 0.302 e. The number of esters is 2. The molecule has 0 fully saturated rings. The molecule has 0 saturated carbocycles. The summed E-state index contributed by atoms with van der Waals surface area (Å²) >= 11 is 25.7. The fraction of sp³-hybridized carbons (Fsp3) is 0.387. The quantitative estimate of drug-likeness (QED) is 0.112. The lowest BCUT2D eigenvalue weighted by atomic mass is 10.2. The van der Waals surface area contributed by atoms with Crippen LogP contribution in [0, 0.1) is 0 Å². The Kier molecular flexibility index (Phi) is 11.3. The average molecular weight is 669 g/mol. The van der Waals surface area contributed by atoms with Gasteiger partial charge in [0.2, 0.25) is 0 Å². The van der Waals surface area contributed by atoms with E-state index in [2.05, 4.69) is 44.9 Å². The number of carbonyl (C=O) groups is 2. The van der Waals surface area contributed by atoms with E-state index in [1.165, 1.54) is 13.8 Å². The van der Waals surface area contributed by atoms with Crippen molar-refractivity contribution < 1.29 is 23.6 Å². The number of hydrogen-bond acceptors (Lipinski definition) is 6. The third-order valence-electron chi connectivity index (χ3n) is 7.09. The molecule has 0 spiro atoms. The number of aryl methyl sites for hydroxylation is 2. The molecule has 0 saturated heterocycles. The summed E-state index contributed by atoms with van der Waals surface area (Å²) in [5.41, 5.74) is 3.78. The van der Waals surface area contributed by atoms with Crippen LogP contribution < -0.4 is 14.4 Å². The first-order chi connectivity index (χ1) is 20.6. The van der Waals surface area contributed by atoms with Gasteiger partial charge < -0.3 is 19.3 Å². The van der Waals surface area contributed by atoms with Crippen LogP contribution in [-0.4, -0.2) is 42.8 Å². The monoisotopic (exact) mass is 667 g/mol. The van der Waals surface area contributed by atoms with Crippen LogP contribution in [-0.2, 0) is 32.2 Å². The van der Waals surface area contributed by atoms with Crippen LogP contribution in [0.4, 0.5) is 11.4 Å². The van der Waals surface area contributed by atoms with Gasteiger partial charge >= 0.3 is 11.9 Å². The molecule has 43 heavy (non-hydrogen) atoms. The SMILES string of the molecule is CCN1C(=CC=Cc2n(CC)c3cc(Cl)c(Cl)cc3[n+]2CCCOC(C)=O)N(CCCOC(C)=O)c2cc(Cl)c(Cl)cc21. The minimum absolute atomic E-state index is 0.305. The molecule has 8 nitrogen and oxygen atoms in total. The maximum atomic E-state index is 11.3. The molecule has 1 aromatic heterocycles. The van der Waals surface area contributed by atoms with E-state index in [0.717, 1.165) is 34.1 Å². The van der Waals surface area contributed by atoms with Gasteiger partial charge in [-0.1, -0.05) is 52.5 Å². The zero-order chi connectivity index (χ0) is 31.3. The van der Waals surface area contributed by atoms with Crippen LogP contribution in [0.2, 0.25) is 20.1 Å². The number of nitrogens with zero attached hydrogens (tertiary/aromatic N) is 4. The molecule has 0 atom stereocenters. The van der Waals surface area contributed by atoms with Crippen molar-refractivity contribution in [1.82, 2.24) is 4.57 Å². The van der Waals surface area contributed by atoms with Crippen molar-refractivity contribution in [3.05, 3.63) is 68.2 Å². The fourth-order valence-corrected chi connectivity index (χ4v) is 5.93. The molecule has 230 valence electrons. The molecule has 1 aliphatic rings. The topological polar surface area (TPSA) is 67.9 Å². The van der Waals surface area contributed by atoms with Crippen molar-refractivity contribution >= 4 is 86.8 Å². The second-order valence-electron chi connectivity index (χ2n) is 9.93. The smallest absolute Gasteiger partial charge is 0.302 e. The molecule has 4 rings (SSSR count). The van der Waals surface area contributed by atoms with E-state index < -0.39 is 0 Å². The van der Waals surface area contributed by atoms with E-state index in [4.69, 9.17) is 55.9 Å². The average Bonchev–Trinajstić information content (AvgIpc) is 3.39. The largest absolute Gasteiger partial charge is 0.466 e. The lowest BCUT2D eigenvalue weighted by Crippen LogP contribution is -2.37. The Morgan fingerprint density at radius 3 is 2.00 bits per heavy atom. The fourth-order valence-electron chi connectivity index (χ4n) is 5.29. The Morgan fingerprint density at radius 1 is 0.814 bits per heavy atom. The predicted molar refractivity (Wildman–Crippen MR) is 174 cm³/mol. The molecule has 2 aromatic carbocycles. The summed E-state index contributed by atoms with van der Waals surface area (Å²) in [6.07, 6.45) is 7.38. The Labute approximate surface area is 271 Å². The standard InChI is InChI=1S/C31H35Cl4N4O4/c1-5-36-26-16-22(32)24(34)18-28(26)38(12-8-14-42-20(3)40)30(36)10-7-11-31-37(6-2)27-17-23(33)25(35)19-29(27)39(31)13-9-15-43-21(4)41/h7,10-11,16-19H,5-6,8-9,12-15H2,1-4H3/q+1. The highest BCUT2D eigenvalue weighted by atomic mass is 35.5. The van der Waals surface area contributed by atoms with Crippen molar-refractivity contribution in [3.8, 4) is 0 Å². The number of carbonyl (C=O) groups excluding carboxylic acids is 2. The van der Waals surface area contributed by atoms with Gasteiger partial charge in [0.15, 0.2) is 11.0 Å². The van der Waals surface area contributed by atoms with Gasteiger partial charge in [0, 0.05) is 51.6 Å². The number of imidazole rings is 1. The number of anilines is 2. The number of fused-ring (bicyclic) bond motifs is 2. The number of benzene rings is 2. The van der Waals surface area contributed by atoms with Crippen molar-refractivity contribution in [1.29, 1.82) is 0 Å². The van der Waals surface area contributed by atoms with E-state index in [0.29, 0.717) is 72.3 Å². The summed E-state index contributed by atoms with van der Waals surface area (Å²) in [7, 11) is 0. The first-order valence-corrected chi connectivity index (χ1v) is 15.7. The summed E-state index contributed by atoms with van der Waals surface area (Å²) in [4.78, 5) is 27.0. The van der Waals surface area contributed by atoms with Crippen LogP contribution in [0.1, 0.15) is 46.4 Å². The van der Waals surface area contributed by atoms with Crippen LogP contribution in [0.25, 0.3) is 17.1 Å². The zero-order valence-electron chi connectivity index (χ0n) is 24.6. The van der Waals surface area contributed by atoms with Crippen LogP contribution in [0.5, 0.6) is 0 Å². The number of allylic oxidation sites excluding steroid dienone is 2. The zero-order valence-corrected chi connectivity index (χ0v) is 27.7. The lowest BCUT2D eigenvalue weighted by molar-refractivity contribution is -0.674. The third-order valence-corrected chi connectivity index (χ3v) is 8.53. The molecule has 0 bridgehead atoms. The van der Waals surface area contributed by atoms with E-state index in [9.17, 15) is 9.59 Å². The summed E-state index contributed by atoms with van der Waals surface area (Å²) in [6.45, 7) is 10.2. The predicted octanol–water partition coefficient (Wildman–Crippen LogP) is 7.67. The lowest BCUT2D eigenvalue weighted by Gasteiger charge is -2.24. The Balaban J connectivity index is 1.75. The van der Waals surface area contributed by atoms with Crippen LogP contribution in [0.15, 0.2) is 42.2 Å². The summed E-state index contributed by atoms with van der Waals surface area (Å²) in [5.74, 6) is 1.28. The Morgan fingerprint density at radius 2 is 1.40 bits per heavy atom. The molecule has 3 aromatic rings. The van der Waals surface area contributed by atoms with Gasteiger partial charge in [0.1, 0.15) is 5.82 Å². The van der Waals surface area contributed by atoms with E-state index in [1.54, 1.807) is 0 Å². The first-order valence-electron chi connectivity index (χ1n) is 14.2. The van der Waals surface area contributed by atoms with Gasteiger partial charge in [0.05, 0.1) is 57.8 Å². The molecule has 0 N–H and O–H groups in total. The molecule has 0 unspecified atom stereocenters. The van der Waals surface area contributed by atoms with Gasteiger partial charge in [-0.05, 0) is 38.5 Å². The van der Waals surface area contributed by atoms with Crippen molar-refractivity contribution in [2.75, 3.05) is 36.1 Å². The van der Waals surface area contributed by atoms with Gasteiger partial charge in [-0.3, -0.25) is 9.59 Å². The van der Waals surface area contributed by atoms with Crippen molar-refractivity contribution in [2.24, 2.45) is 0 Å². The van der Waals surface area contributed by atoms with Gasteiger partial charge in [-0.2, -0.15) is 0 Å². The van der Waals surface area contributed by atoms with Gasteiger partial charge in [0.25, 0.3) is 5.82 Å². The summed E-state index contributed by atoms with van der Waals surface area (Å²) in [6, 6.07) is 7.51. The first kappa shape index (κ1) is 33.0. The Hall–Kier alpha value is -2.91. The molecule has 0 aliphatic carbocycles. The van der Waals surface area contributed by atoms with Crippen molar-refractivity contribution in [3.63, 3.8) is 0 Å². The van der Waals surface area contributed by atoms with Gasteiger partial charge in [-0.25, -0.2) is 9.13 Å². The minimum atomic E-state index is -0.305. The minimum Gasteiger partial charge on any atom is -0.466 e. The van der Waals surface area contributed by atoms with Crippen LogP contribution >= 0.6 is 46.4 Å². The number of halogens is 4. The number of rotatable bonds is 12. The van der Waals surface area contributed by atoms with Crippen LogP contribution in [0.3, 0.4) is 0 Å². The number of hydrogen-bond donors (Lipinski definition) is 0. The highest BCUT2D eigenvalue weighted by molar-refractivity contribution is 6.43. The third kappa shape index (κ3) is 7.43. The Bertz CT molecular complexity index is 1580. The molecule has 12 heteroatoms. The molecular weight excluding hydrogens is 634 g/mol. The molecule has 0 amide bonds. The maximum absolute atomic E-state index is 11.3. The highest BCUT2D eigenvalue weighted by Gasteiger charge is 2.31. The van der Waals surface area contributed by atoms with E-state index >= 15 is 0 Å². The van der Waals surface area contributed by atoms with Gasteiger partial charge in [-0.15, -0.1) is 0 Å². The number of ether oxygens (including phenoxy) is 2. The molecule has 0 radical (unpaired) electrons. The van der Waals surface area contributed by atoms with Crippen molar-refractivity contribution in [2.45, 2.75) is 53.6 Å². The molecular formula is C31H35Cl4N4O4+. The van der Waals surface area contributed by atoms with E-state index in [1.807, 2.05) is 30.3 Å². The molecule has 1 aliphatic heterocycles. The highest BCUT2D eigenvalue weighted by Crippen LogP contribution is 2.45. The normalized spacial score (nSPS) is 13.9. The second-order valence-corrected chi connectivity index (χ2v) is 11.6.